The number of hydrogen-bond donors (Lipinski definition) is 1. The van der Waals surface area contributed by atoms with Crippen molar-refractivity contribution in [3.05, 3.63) is 0 Å². The maximum Gasteiger partial charge on any atom is 0.155 e. The molecule has 0 radical (unpaired) electrons. The van der Waals surface area contributed by atoms with Gasteiger partial charge in [0, 0.05) is 12.2 Å². The molecule has 0 amide bonds. The number of ketones is 1. The van der Waals surface area contributed by atoms with Crippen molar-refractivity contribution < 1.29 is 13.2 Å². The van der Waals surface area contributed by atoms with Gasteiger partial charge in [0.1, 0.15) is 9.84 Å². The molecule has 0 saturated heterocycles. The van der Waals surface area contributed by atoms with Crippen molar-refractivity contribution in [1.29, 1.82) is 0 Å². The highest BCUT2D eigenvalue weighted by Gasteiger charge is 2.43. The number of carbonyl (C=O) groups is 1. The molecule has 0 aromatic carbocycles. The Bertz CT molecular complexity index is 424. The zero-order valence-corrected chi connectivity index (χ0v) is 11.8. The van der Waals surface area contributed by atoms with Gasteiger partial charge in [-0.3, -0.25) is 4.79 Å². The van der Waals surface area contributed by atoms with Crippen molar-refractivity contribution in [2.75, 3.05) is 6.26 Å². The van der Waals surface area contributed by atoms with E-state index in [2.05, 4.69) is 0 Å². The highest BCUT2D eigenvalue weighted by atomic mass is 32.2. The summed E-state index contributed by atoms with van der Waals surface area (Å²) in [5, 5.41) is -0.342. The summed E-state index contributed by atoms with van der Waals surface area (Å²) >= 11 is 0. The first kappa shape index (κ1) is 14.0. The summed E-state index contributed by atoms with van der Waals surface area (Å²) in [6.45, 7) is 0. The first-order valence-corrected chi connectivity index (χ1v) is 8.80. The second-order valence-corrected chi connectivity index (χ2v) is 8.37. The van der Waals surface area contributed by atoms with E-state index in [-0.39, 0.29) is 17.0 Å². The lowest BCUT2D eigenvalue weighted by molar-refractivity contribution is -0.128. The number of rotatable bonds is 3. The van der Waals surface area contributed by atoms with Gasteiger partial charge in [0.2, 0.25) is 0 Å². The molecule has 0 aliphatic heterocycles. The lowest BCUT2D eigenvalue weighted by Crippen LogP contribution is -2.50. The van der Waals surface area contributed by atoms with Crippen LogP contribution in [0, 0.1) is 5.92 Å². The van der Waals surface area contributed by atoms with E-state index in [1.165, 1.54) is 6.26 Å². The molecule has 0 bridgehead atoms. The smallest absolute Gasteiger partial charge is 0.155 e. The zero-order valence-electron chi connectivity index (χ0n) is 11.0. The van der Waals surface area contributed by atoms with Gasteiger partial charge < -0.3 is 5.73 Å². The molecule has 0 aromatic heterocycles. The Labute approximate surface area is 109 Å². The highest BCUT2D eigenvalue weighted by molar-refractivity contribution is 7.91. The van der Waals surface area contributed by atoms with Crippen molar-refractivity contribution in [3.8, 4) is 0 Å². The molecule has 0 heterocycles. The molecular formula is C13H23NO3S. The first-order chi connectivity index (χ1) is 8.33. The minimum absolute atomic E-state index is 0.119. The molecule has 2 aliphatic rings. The van der Waals surface area contributed by atoms with E-state index in [9.17, 15) is 13.2 Å². The van der Waals surface area contributed by atoms with E-state index >= 15 is 0 Å². The van der Waals surface area contributed by atoms with Gasteiger partial charge in [0.25, 0.3) is 0 Å². The van der Waals surface area contributed by atoms with Crippen LogP contribution >= 0.6 is 0 Å². The Hall–Kier alpha value is -0.420. The first-order valence-electron chi connectivity index (χ1n) is 6.85. The van der Waals surface area contributed by atoms with Crippen LogP contribution < -0.4 is 5.73 Å². The molecule has 104 valence electrons. The van der Waals surface area contributed by atoms with Crippen molar-refractivity contribution in [2.24, 2.45) is 11.7 Å². The number of carbonyl (C=O) groups excluding carboxylic acids is 1. The standard InChI is InChI=1S/C13H23NO3S/c1-18(16,17)11-6-4-5-10(9-11)12(15)13(14)7-2-3-8-13/h10-11H,2-9,14H2,1H3. The minimum Gasteiger partial charge on any atom is -0.319 e. The van der Waals surface area contributed by atoms with E-state index in [0.29, 0.717) is 12.8 Å². The molecule has 0 aromatic rings. The van der Waals surface area contributed by atoms with Crippen LogP contribution in [0.15, 0.2) is 0 Å². The van der Waals surface area contributed by atoms with Gasteiger partial charge in [0.15, 0.2) is 5.78 Å². The molecule has 2 saturated carbocycles. The summed E-state index contributed by atoms with van der Waals surface area (Å²) in [6, 6.07) is 0. The lowest BCUT2D eigenvalue weighted by Gasteiger charge is -2.32. The van der Waals surface area contributed by atoms with E-state index in [1.54, 1.807) is 0 Å². The maximum absolute atomic E-state index is 12.5. The predicted octanol–water partition coefficient (Wildman–Crippen LogP) is 1.43. The number of sulfone groups is 1. The van der Waals surface area contributed by atoms with Crippen LogP contribution in [0.3, 0.4) is 0 Å². The topological polar surface area (TPSA) is 77.2 Å². The molecule has 5 heteroatoms. The molecule has 2 rings (SSSR count). The van der Waals surface area contributed by atoms with E-state index in [0.717, 1.165) is 38.5 Å². The van der Waals surface area contributed by atoms with Gasteiger partial charge >= 0.3 is 0 Å². The van der Waals surface area contributed by atoms with Gasteiger partial charge in [-0.2, -0.15) is 0 Å². The fourth-order valence-corrected chi connectivity index (χ4v) is 4.61. The predicted molar refractivity (Wildman–Crippen MR) is 71.0 cm³/mol. The average Bonchev–Trinajstić information content (AvgIpc) is 2.75. The highest BCUT2D eigenvalue weighted by Crippen LogP contribution is 2.36. The molecule has 4 nitrogen and oxygen atoms in total. The Balaban J connectivity index is 2.07. The van der Waals surface area contributed by atoms with Crippen molar-refractivity contribution in [3.63, 3.8) is 0 Å². The fraction of sp³-hybridized carbons (Fsp3) is 0.923. The van der Waals surface area contributed by atoms with Gasteiger partial charge in [0.05, 0.1) is 10.8 Å². The summed E-state index contributed by atoms with van der Waals surface area (Å²) < 4.78 is 23.2. The molecule has 18 heavy (non-hydrogen) atoms. The second-order valence-electron chi connectivity index (χ2n) is 6.04. The Morgan fingerprint density at radius 2 is 1.78 bits per heavy atom. The largest absolute Gasteiger partial charge is 0.319 e. The van der Waals surface area contributed by atoms with Crippen molar-refractivity contribution in [2.45, 2.75) is 62.2 Å². The molecule has 2 unspecified atom stereocenters. The lowest BCUT2D eigenvalue weighted by atomic mass is 9.77. The Kier molecular flexibility index (Phi) is 3.83. The summed E-state index contributed by atoms with van der Waals surface area (Å²) in [4.78, 5) is 12.5. The maximum atomic E-state index is 12.5. The minimum atomic E-state index is -3.03. The second kappa shape index (κ2) is 4.93. The normalized spacial score (nSPS) is 32.3. The van der Waals surface area contributed by atoms with Crippen molar-refractivity contribution in [1.82, 2.24) is 0 Å². The monoisotopic (exact) mass is 273 g/mol. The fourth-order valence-electron chi connectivity index (χ4n) is 3.43. The average molecular weight is 273 g/mol. The Morgan fingerprint density at radius 1 is 1.17 bits per heavy atom. The van der Waals surface area contributed by atoms with Gasteiger partial charge in [-0.05, 0) is 32.1 Å². The van der Waals surface area contributed by atoms with Crippen LogP contribution in [0.2, 0.25) is 0 Å². The van der Waals surface area contributed by atoms with Gasteiger partial charge in [-0.1, -0.05) is 19.3 Å². The zero-order chi connectivity index (χ0) is 13.4. The quantitative estimate of drug-likeness (QED) is 0.844. The summed E-state index contributed by atoms with van der Waals surface area (Å²) in [5.74, 6) is -0.0186. The summed E-state index contributed by atoms with van der Waals surface area (Å²) in [7, 11) is -3.03. The van der Waals surface area contributed by atoms with Crippen LogP contribution in [0.25, 0.3) is 0 Å². The molecular weight excluding hydrogens is 250 g/mol. The van der Waals surface area contributed by atoms with Crippen LogP contribution in [-0.4, -0.2) is 31.2 Å². The molecule has 2 aliphatic carbocycles. The third-order valence-electron chi connectivity index (χ3n) is 4.59. The van der Waals surface area contributed by atoms with Crippen LogP contribution in [0.4, 0.5) is 0 Å². The molecule has 2 fully saturated rings. The van der Waals surface area contributed by atoms with E-state index in [4.69, 9.17) is 5.73 Å². The SMILES string of the molecule is CS(=O)(=O)C1CCCC(C(=O)C2(N)CCCC2)C1. The molecule has 2 atom stereocenters. The molecule has 2 N–H and O–H groups in total. The Morgan fingerprint density at radius 3 is 2.33 bits per heavy atom. The molecule has 0 spiro atoms. The summed E-state index contributed by atoms with van der Waals surface area (Å²) in [5.41, 5.74) is 5.53. The van der Waals surface area contributed by atoms with E-state index < -0.39 is 15.4 Å². The summed E-state index contributed by atoms with van der Waals surface area (Å²) in [6.07, 6.45) is 7.66. The van der Waals surface area contributed by atoms with Crippen LogP contribution in [-0.2, 0) is 14.6 Å². The number of Topliss-reactive ketones (excluding diaryl/α,β-unsaturated/α-hetero) is 1. The van der Waals surface area contributed by atoms with Crippen LogP contribution in [0.1, 0.15) is 51.4 Å². The van der Waals surface area contributed by atoms with Crippen LogP contribution in [0.5, 0.6) is 0 Å². The van der Waals surface area contributed by atoms with Gasteiger partial charge in [-0.15, -0.1) is 0 Å². The van der Waals surface area contributed by atoms with E-state index in [1.807, 2.05) is 0 Å². The number of hydrogen-bond acceptors (Lipinski definition) is 4. The third kappa shape index (κ3) is 2.77. The van der Waals surface area contributed by atoms with Gasteiger partial charge in [-0.25, -0.2) is 8.42 Å². The number of nitrogens with two attached hydrogens (primary N) is 1. The third-order valence-corrected chi connectivity index (χ3v) is 6.23. The van der Waals surface area contributed by atoms with Crippen molar-refractivity contribution >= 4 is 15.6 Å².